The van der Waals surface area contributed by atoms with Crippen molar-refractivity contribution >= 4 is 10.2 Å². The molecule has 68 valence electrons. The van der Waals surface area contributed by atoms with Crippen molar-refractivity contribution in [1.29, 1.82) is 0 Å². The molecule has 0 saturated carbocycles. The molecule has 0 aliphatic carbocycles. The third-order valence-electron chi connectivity index (χ3n) is 2.34. The smallest absolute Gasteiger partial charge is 0.0577 e. The molecule has 0 aromatic rings. The third kappa shape index (κ3) is 3.33. The highest BCUT2D eigenvalue weighted by atomic mass is 28.1. The van der Waals surface area contributed by atoms with E-state index in [1.165, 1.54) is 0 Å². The number of hydrogen-bond donors (Lipinski definition) is 2. The van der Waals surface area contributed by atoms with Crippen molar-refractivity contribution in [2.75, 3.05) is 27.2 Å². The molecular formula is C7H20N2OSi. The largest absolute Gasteiger partial charge is 0.395 e. The first-order valence-electron chi connectivity index (χ1n) is 4.05. The van der Waals surface area contributed by atoms with E-state index in [2.05, 4.69) is 4.90 Å². The number of hydrogen-bond acceptors (Lipinski definition) is 3. The van der Waals surface area contributed by atoms with Crippen LogP contribution >= 0.6 is 0 Å². The molecule has 0 spiro atoms. The van der Waals surface area contributed by atoms with Crippen LogP contribution in [0, 0.1) is 0 Å². The maximum Gasteiger partial charge on any atom is 0.0577 e. The fourth-order valence-corrected chi connectivity index (χ4v) is 1.28. The van der Waals surface area contributed by atoms with Crippen LogP contribution in [-0.2, 0) is 0 Å². The average molecular weight is 176 g/mol. The van der Waals surface area contributed by atoms with Crippen molar-refractivity contribution in [2.45, 2.75) is 18.0 Å². The molecule has 0 heterocycles. The highest BCUT2D eigenvalue weighted by molar-refractivity contribution is 6.15. The first-order valence-corrected chi connectivity index (χ1v) is 5.05. The lowest BCUT2D eigenvalue weighted by molar-refractivity contribution is 0.127. The first-order chi connectivity index (χ1) is 5.06. The zero-order valence-corrected chi connectivity index (χ0v) is 9.80. The van der Waals surface area contributed by atoms with Crippen LogP contribution in [-0.4, -0.2) is 52.7 Å². The van der Waals surface area contributed by atoms with Crippen LogP contribution < -0.4 is 5.73 Å². The fourth-order valence-electron chi connectivity index (χ4n) is 0.927. The van der Waals surface area contributed by atoms with E-state index in [4.69, 9.17) is 10.8 Å². The zero-order chi connectivity index (χ0) is 8.91. The fraction of sp³-hybridized carbons (Fsp3) is 1.00. The molecule has 0 radical (unpaired) electrons. The highest BCUT2D eigenvalue weighted by Gasteiger charge is 2.24. The maximum absolute atomic E-state index is 9.13. The van der Waals surface area contributed by atoms with Crippen LogP contribution in [0.1, 0.15) is 12.8 Å². The second kappa shape index (κ2) is 4.87. The molecule has 0 aromatic heterocycles. The van der Waals surface area contributed by atoms with Gasteiger partial charge in [-0.25, -0.2) is 0 Å². The van der Waals surface area contributed by atoms with Gasteiger partial charge in [0, 0.05) is 15.4 Å². The van der Waals surface area contributed by atoms with E-state index < -0.39 is 0 Å². The Morgan fingerprint density at radius 3 is 2.36 bits per heavy atom. The SMILES string of the molecule is CN(C)C([SiH3])(CO)CCCN. The summed E-state index contributed by atoms with van der Waals surface area (Å²) in [5.74, 6) is 0. The van der Waals surface area contributed by atoms with Crippen molar-refractivity contribution < 1.29 is 5.11 Å². The highest BCUT2D eigenvalue weighted by Crippen LogP contribution is 2.13. The minimum atomic E-state index is 0.0410. The van der Waals surface area contributed by atoms with Gasteiger partial charge >= 0.3 is 0 Å². The number of likely N-dealkylation sites (N-methyl/N-ethyl adjacent to an activating group) is 1. The van der Waals surface area contributed by atoms with Crippen molar-refractivity contribution in [3.63, 3.8) is 0 Å². The van der Waals surface area contributed by atoms with Gasteiger partial charge in [0.1, 0.15) is 0 Å². The second-order valence-electron chi connectivity index (χ2n) is 3.44. The Hall–Kier alpha value is 0.0969. The average Bonchev–Trinajstić information content (AvgIpc) is 2.00. The second-order valence-corrected chi connectivity index (χ2v) is 5.30. The van der Waals surface area contributed by atoms with E-state index in [-0.39, 0.29) is 11.8 Å². The van der Waals surface area contributed by atoms with Crippen LogP contribution in [0.3, 0.4) is 0 Å². The van der Waals surface area contributed by atoms with Gasteiger partial charge in [-0.1, -0.05) is 0 Å². The molecule has 0 aliphatic heterocycles. The van der Waals surface area contributed by atoms with Gasteiger partial charge in [-0.2, -0.15) is 0 Å². The molecule has 4 heteroatoms. The summed E-state index contributed by atoms with van der Waals surface area (Å²) < 4.78 is 0. The topological polar surface area (TPSA) is 49.5 Å². The van der Waals surface area contributed by atoms with Crippen LogP contribution in [0.25, 0.3) is 0 Å². The summed E-state index contributed by atoms with van der Waals surface area (Å²) in [5.41, 5.74) is 5.41. The lowest BCUT2D eigenvalue weighted by atomic mass is 10.1. The van der Waals surface area contributed by atoms with Crippen molar-refractivity contribution in [1.82, 2.24) is 4.90 Å². The number of aliphatic hydroxyl groups is 1. The van der Waals surface area contributed by atoms with Gasteiger partial charge in [-0.3, -0.25) is 0 Å². The minimum Gasteiger partial charge on any atom is -0.395 e. The summed E-state index contributed by atoms with van der Waals surface area (Å²) in [4.78, 5) is 2.11. The van der Waals surface area contributed by atoms with E-state index in [0.717, 1.165) is 29.6 Å². The van der Waals surface area contributed by atoms with Gasteiger partial charge in [-0.05, 0) is 33.5 Å². The summed E-state index contributed by atoms with van der Waals surface area (Å²) in [7, 11) is 5.02. The molecule has 11 heavy (non-hydrogen) atoms. The quantitative estimate of drug-likeness (QED) is 0.493. The minimum absolute atomic E-state index is 0.0410. The summed E-state index contributed by atoms with van der Waals surface area (Å²) in [6.07, 6.45) is 2.02. The predicted molar refractivity (Wildman–Crippen MR) is 51.7 cm³/mol. The monoisotopic (exact) mass is 176 g/mol. The number of aliphatic hydroxyl groups excluding tert-OH is 1. The molecule has 1 atom stereocenters. The van der Waals surface area contributed by atoms with Gasteiger partial charge < -0.3 is 15.7 Å². The summed E-state index contributed by atoms with van der Waals surface area (Å²) >= 11 is 0. The standard InChI is InChI=1S/C7H20N2OSi/c1-9(2)7(11,6-10)4-3-5-8/h10H,3-6,8H2,1-2,11H3. The molecule has 3 N–H and O–H groups in total. The van der Waals surface area contributed by atoms with Crippen LogP contribution in [0.2, 0.25) is 0 Å². The van der Waals surface area contributed by atoms with Gasteiger partial charge in [-0.15, -0.1) is 0 Å². The van der Waals surface area contributed by atoms with E-state index in [1.54, 1.807) is 0 Å². The number of nitrogens with two attached hydrogens (primary N) is 1. The first kappa shape index (κ1) is 11.1. The van der Waals surface area contributed by atoms with Gasteiger partial charge in [0.05, 0.1) is 6.61 Å². The van der Waals surface area contributed by atoms with Crippen LogP contribution in [0.4, 0.5) is 0 Å². The lowest BCUT2D eigenvalue weighted by Gasteiger charge is -2.34. The van der Waals surface area contributed by atoms with E-state index in [0.29, 0.717) is 0 Å². The Morgan fingerprint density at radius 1 is 1.55 bits per heavy atom. The third-order valence-corrected chi connectivity index (χ3v) is 4.05. The zero-order valence-electron chi connectivity index (χ0n) is 7.80. The molecule has 3 nitrogen and oxygen atoms in total. The number of rotatable bonds is 5. The Labute approximate surface area is 72.0 Å². The lowest BCUT2D eigenvalue weighted by Crippen LogP contribution is -2.48. The van der Waals surface area contributed by atoms with Gasteiger partial charge in [0.2, 0.25) is 0 Å². The summed E-state index contributed by atoms with van der Waals surface area (Å²) in [6, 6.07) is 0. The van der Waals surface area contributed by atoms with Crippen LogP contribution in [0.5, 0.6) is 0 Å². The molecule has 0 aliphatic rings. The molecule has 0 amide bonds. The normalized spacial score (nSPS) is 17.2. The predicted octanol–water partition coefficient (Wildman–Crippen LogP) is -1.66. The van der Waals surface area contributed by atoms with Crippen molar-refractivity contribution in [3.8, 4) is 0 Å². The van der Waals surface area contributed by atoms with E-state index in [9.17, 15) is 0 Å². The molecule has 0 bridgehead atoms. The molecule has 1 unspecified atom stereocenters. The van der Waals surface area contributed by atoms with E-state index >= 15 is 0 Å². The summed E-state index contributed by atoms with van der Waals surface area (Å²) in [6.45, 7) is 0.976. The van der Waals surface area contributed by atoms with Gasteiger partial charge in [0.15, 0.2) is 0 Å². The molecule has 0 aromatic carbocycles. The molecule has 0 saturated heterocycles. The molecule has 0 rings (SSSR count). The Kier molecular flexibility index (Phi) is 4.91. The Bertz CT molecular complexity index is 111. The maximum atomic E-state index is 9.13. The van der Waals surface area contributed by atoms with Crippen molar-refractivity contribution in [3.05, 3.63) is 0 Å². The van der Waals surface area contributed by atoms with Gasteiger partial charge in [0.25, 0.3) is 0 Å². The van der Waals surface area contributed by atoms with E-state index in [1.807, 2.05) is 14.1 Å². The Balaban J connectivity index is 3.88. The van der Waals surface area contributed by atoms with Crippen LogP contribution in [0.15, 0.2) is 0 Å². The molecule has 0 fully saturated rings. The molecular weight excluding hydrogens is 156 g/mol. The Morgan fingerprint density at radius 2 is 2.09 bits per heavy atom. The number of nitrogens with zero attached hydrogens (tertiary/aromatic N) is 1. The van der Waals surface area contributed by atoms with Crippen molar-refractivity contribution in [2.24, 2.45) is 5.73 Å². The summed E-state index contributed by atoms with van der Waals surface area (Å²) in [5, 5.41) is 9.18.